The first kappa shape index (κ1) is 20.3. The van der Waals surface area contributed by atoms with Crippen LogP contribution in [0, 0.1) is 0 Å². The zero-order chi connectivity index (χ0) is 19.8. The summed E-state index contributed by atoms with van der Waals surface area (Å²) in [5.74, 6) is 0. The van der Waals surface area contributed by atoms with Crippen molar-refractivity contribution in [3.8, 4) is 0 Å². The molecule has 0 saturated carbocycles. The number of hydrogen-bond donors (Lipinski definition) is 2. The Hall–Kier alpha value is -2.48. The van der Waals surface area contributed by atoms with Crippen LogP contribution in [0.5, 0.6) is 0 Å². The molecule has 0 fully saturated rings. The number of carbonyl (C=O) groups is 1. The largest absolute Gasteiger partial charge is 0.444 e. The Morgan fingerprint density at radius 3 is 2.68 bits per heavy atom. The minimum Gasteiger partial charge on any atom is -0.444 e. The molecule has 2 aromatic carbocycles. The van der Waals surface area contributed by atoms with Crippen molar-refractivity contribution in [2.24, 2.45) is 0 Å². The van der Waals surface area contributed by atoms with Crippen LogP contribution >= 0.6 is 0 Å². The third-order valence-electron chi connectivity index (χ3n) is 4.44. The number of ether oxygens (including phenoxy) is 1. The summed E-state index contributed by atoms with van der Waals surface area (Å²) in [5.41, 5.74) is 3.65. The average Bonchev–Trinajstić information content (AvgIpc) is 2.74. The molecule has 2 aromatic rings. The molecule has 144 valence electrons. The Morgan fingerprint density at radius 2 is 1.93 bits per heavy atom. The van der Waals surface area contributed by atoms with Crippen molar-refractivity contribution in [1.82, 2.24) is 5.23 Å². The SMILES string of the molecule is CO[B]Nc1ccc2c(c1)N(C(=O)OCc1ccccc1)CC(N[B]OC)C2. The number of nitrogens with zero attached hydrogens (tertiary/aromatic N) is 1. The summed E-state index contributed by atoms with van der Waals surface area (Å²) in [6.07, 6.45) is 0.383. The first-order chi connectivity index (χ1) is 13.7. The summed E-state index contributed by atoms with van der Waals surface area (Å²) >= 11 is 0. The average molecular weight is 379 g/mol. The van der Waals surface area contributed by atoms with Crippen molar-refractivity contribution >= 4 is 32.7 Å². The minimum atomic E-state index is -0.387. The van der Waals surface area contributed by atoms with Gasteiger partial charge in [-0.15, -0.1) is 0 Å². The van der Waals surface area contributed by atoms with Gasteiger partial charge in [0, 0.05) is 32.5 Å². The monoisotopic (exact) mass is 379 g/mol. The van der Waals surface area contributed by atoms with Crippen LogP contribution in [0.4, 0.5) is 16.2 Å². The molecule has 0 bridgehead atoms. The van der Waals surface area contributed by atoms with Gasteiger partial charge in [-0.05, 0) is 29.7 Å². The Morgan fingerprint density at radius 1 is 1.14 bits per heavy atom. The molecular formula is C19H23B2N3O4. The van der Waals surface area contributed by atoms with E-state index in [0.29, 0.717) is 6.54 Å². The van der Waals surface area contributed by atoms with Crippen LogP contribution in [0.1, 0.15) is 11.1 Å². The summed E-state index contributed by atoms with van der Waals surface area (Å²) in [7, 11) is 6.17. The van der Waals surface area contributed by atoms with Crippen LogP contribution in [0.2, 0.25) is 0 Å². The Kier molecular flexibility index (Phi) is 7.36. The van der Waals surface area contributed by atoms with Crippen molar-refractivity contribution in [2.45, 2.75) is 19.1 Å². The number of amides is 1. The Bertz CT molecular complexity index is 779. The smallest absolute Gasteiger partial charge is 0.435 e. The van der Waals surface area contributed by atoms with Crippen LogP contribution in [-0.4, -0.2) is 48.1 Å². The number of anilines is 2. The van der Waals surface area contributed by atoms with Crippen LogP contribution < -0.4 is 15.4 Å². The molecule has 0 aliphatic carbocycles. The third-order valence-corrected chi connectivity index (χ3v) is 4.44. The summed E-state index contributed by atoms with van der Waals surface area (Å²) in [6, 6.07) is 15.5. The van der Waals surface area contributed by atoms with E-state index >= 15 is 0 Å². The van der Waals surface area contributed by atoms with Gasteiger partial charge in [0.2, 0.25) is 0 Å². The molecule has 1 atom stereocenters. The first-order valence-electron chi connectivity index (χ1n) is 9.04. The summed E-state index contributed by atoms with van der Waals surface area (Å²) in [4.78, 5) is 14.5. The number of benzene rings is 2. The molecule has 0 aromatic heterocycles. The van der Waals surface area contributed by atoms with E-state index in [-0.39, 0.29) is 18.7 Å². The van der Waals surface area contributed by atoms with E-state index in [2.05, 4.69) is 10.5 Å². The van der Waals surface area contributed by atoms with Crippen LogP contribution in [0.3, 0.4) is 0 Å². The van der Waals surface area contributed by atoms with E-state index in [0.717, 1.165) is 28.9 Å². The van der Waals surface area contributed by atoms with Gasteiger partial charge < -0.3 is 24.5 Å². The van der Waals surface area contributed by atoms with E-state index in [1.54, 1.807) is 19.1 Å². The topological polar surface area (TPSA) is 72.1 Å². The minimum absolute atomic E-state index is 0.0288. The van der Waals surface area contributed by atoms with Crippen molar-refractivity contribution in [3.63, 3.8) is 0 Å². The number of fused-ring (bicyclic) bond motifs is 1. The zero-order valence-corrected chi connectivity index (χ0v) is 16.1. The standard InChI is InChI=1S/C19H23B2N3O4/c1-26-20-22-16-9-8-15-10-17(23-21-27-2)12-24(18(15)11-16)19(25)28-13-14-6-4-3-5-7-14/h3-9,11,17,22-23H,10,12-13H2,1-2H3. The molecule has 3 rings (SSSR count). The van der Waals surface area contributed by atoms with Gasteiger partial charge in [0.1, 0.15) is 6.61 Å². The van der Waals surface area contributed by atoms with Crippen molar-refractivity contribution in [1.29, 1.82) is 0 Å². The molecule has 1 aliphatic rings. The Balaban J connectivity index is 1.77. The van der Waals surface area contributed by atoms with Crippen LogP contribution in [0.15, 0.2) is 48.5 Å². The van der Waals surface area contributed by atoms with Crippen LogP contribution in [0.25, 0.3) is 0 Å². The second-order valence-corrected chi connectivity index (χ2v) is 6.41. The van der Waals surface area contributed by atoms with Gasteiger partial charge in [-0.1, -0.05) is 36.4 Å². The number of nitrogens with one attached hydrogen (secondary N) is 2. The first-order valence-corrected chi connectivity index (χ1v) is 9.04. The molecule has 7 nitrogen and oxygen atoms in total. The van der Waals surface area contributed by atoms with Crippen molar-refractivity contribution in [3.05, 3.63) is 59.7 Å². The second kappa shape index (κ2) is 10.2. The molecule has 1 amide bonds. The van der Waals surface area contributed by atoms with Crippen molar-refractivity contribution in [2.75, 3.05) is 30.9 Å². The molecule has 2 radical (unpaired) electrons. The van der Waals surface area contributed by atoms with E-state index in [1.807, 2.05) is 48.5 Å². The number of rotatable bonds is 8. The maximum Gasteiger partial charge on any atom is 0.435 e. The summed E-state index contributed by atoms with van der Waals surface area (Å²) in [5, 5.41) is 6.22. The molecule has 1 heterocycles. The molecule has 0 spiro atoms. The zero-order valence-electron chi connectivity index (χ0n) is 16.1. The van der Waals surface area contributed by atoms with E-state index in [1.165, 1.54) is 15.2 Å². The second-order valence-electron chi connectivity index (χ2n) is 6.41. The lowest BCUT2D eigenvalue weighted by Crippen LogP contribution is -2.50. The van der Waals surface area contributed by atoms with E-state index < -0.39 is 0 Å². The van der Waals surface area contributed by atoms with Gasteiger partial charge in [-0.2, -0.15) is 0 Å². The highest BCUT2D eigenvalue weighted by molar-refractivity contribution is 6.32. The highest BCUT2D eigenvalue weighted by Crippen LogP contribution is 2.31. The third kappa shape index (κ3) is 5.28. The normalized spacial score (nSPS) is 15.5. The quantitative estimate of drug-likeness (QED) is 0.685. The Labute approximate surface area is 166 Å². The molecule has 1 aliphatic heterocycles. The lowest BCUT2D eigenvalue weighted by molar-refractivity contribution is 0.146. The fourth-order valence-electron chi connectivity index (χ4n) is 3.10. The lowest BCUT2D eigenvalue weighted by Gasteiger charge is -2.34. The fraction of sp³-hybridized carbons (Fsp3) is 0.316. The fourth-order valence-corrected chi connectivity index (χ4v) is 3.10. The highest BCUT2D eigenvalue weighted by Gasteiger charge is 2.29. The molecule has 2 N–H and O–H groups in total. The predicted molar refractivity (Wildman–Crippen MR) is 110 cm³/mol. The van der Waals surface area contributed by atoms with Gasteiger partial charge >= 0.3 is 21.3 Å². The molecular weight excluding hydrogens is 356 g/mol. The van der Waals surface area contributed by atoms with Gasteiger partial charge in [0.05, 0.1) is 5.69 Å². The molecule has 9 heteroatoms. The van der Waals surface area contributed by atoms with E-state index in [4.69, 9.17) is 14.0 Å². The summed E-state index contributed by atoms with van der Waals surface area (Å²) in [6.45, 7) is 0.696. The predicted octanol–water partition coefficient (Wildman–Crippen LogP) is 2.12. The highest BCUT2D eigenvalue weighted by atomic mass is 16.6. The number of carbonyl (C=O) groups excluding carboxylic acids is 1. The van der Waals surface area contributed by atoms with Crippen molar-refractivity contribution < 1.29 is 18.8 Å². The maximum absolute atomic E-state index is 12.9. The molecule has 1 unspecified atom stereocenters. The van der Waals surface area contributed by atoms with Crippen LogP contribution in [-0.2, 0) is 27.1 Å². The van der Waals surface area contributed by atoms with Gasteiger partial charge in [-0.3, -0.25) is 4.90 Å². The van der Waals surface area contributed by atoms with Gasteiger partial charge in [-0.25, -0.2) is 4.79 Å². The number of hydrogen-bond acceptors (Lipinski definition) is 6. The van der Waals surface area contributed by atoms with Gasteiger partial charge in [0.25, 0.3) is 0 Å². The van der Waals surface area contributed by atoms with E-state index in [9.17, 15) is 4.79 Å². The lowest BCUT2D eigenvalue weighted by atomic mass is 9.95. The molecule has 0 saturated heterocycles. The van der Waals surface area contributed by atoms with Gasteiger partial charge in [0.15, 0.2) is 0 Å². The summed E-state index contributed by atoms with van der Waals surface area (Å²) < 4.78 is 15.5. The maximum atomic E-state index is 12.9. The molecule has 28 heavy (non-hydrogen) atoms.